The topological polar surface area (TPSA) is 55.1 Å². The second-order valence-electron chi connectivity index (χ2n) is 6.47. The van der Waals surface area contributed by atoms with Crippen LogP contribution in [0.25, 0.3) is 0 Å². The van der Waals surface area contributed by atoms with E-state index in [2.05, 4.69) is 43.4 Å². The number of carbonyl (C=O) groups excluding carboxylic acids is 1. The standard InChI is InChI=1S/C18H28N2O.ClH/c1-13-6-5-8-15(12-13)18(20-17(21)10-11-19)16-9-4-3-7-14(16)2;/h3-4,7,9,13,15,18H,5-6,8,10-12,19H2,1-2H3,(H,20,21);1H. The lowest BCUT2D eigenvalue weighted by atomic mass is 9.76. The van der Waals surface area contributed by atoms with Crippen molar-refractivity contribution in [3.05, 3.63) is 35.4 Å². The summed E-state index contributed by atoms with van der Waals surface area (Å²) in [4.78, 5) is 12.1. The lowest BCUT2D eigenvalue weighted by molar-refractivity contribution is -0.122. The zero-order chi connectivity index (χ0) is 15.2. The van der Waals surface area contributed by atoms with Crippen LogP contribution < -0.4 is 11.1 Å². The molecule has 3 unspecified atom stereocenters. The minimum atomic E-state index is 0. The number of hydrogen-bond donors (Lipinski definition) is 2. The van der Waals surface area contributed by atoms with E-state index in [-0.39, 0.29) is 24.4 Å². The average Bonchev–Trinajstić information content (AvgIpc) is 2.46. The van der Waals surface area contributed by atoms with Crippen molar-refractivity contribution in [2.45, 2.75) is 52.0 Å². The molecule has 0 aromatic heterocycles. The summed E-state index contributed by atoms with van der Waals surface area (Å²) in [5.41, 5.74) is 8.04. The molecule has 1 saturated carbocycles. The second-order valence-corrected chi connectivity index (χ2v) is 6.47. The van der Waals surface area contributed by atoms with Crippen molar-refractivity contribution >= 4 is 18.3 Å². The fourth-order valence-electron chi connectivity index (χ4n) is 3.55. The number of aryl methyl sites for hydroxylation is 1. The highest BCUT2D eigenvalue weighted by Gasteiger charge is 2.29. The first-order valence-electron chi connectivity index (χ1n) is 8.16. The van der Waals surface area contributed by atoms with E-state index in [0.717, 1.165) is 5.92 Å². The highest BCUT2D eigenvalue weighted by molar-refractivity contribution is 5.85. The highest BCUT2D eigenvalue weighted by Crippen LogP contribution is 2.38. The maximum Gasteiger partial charge on any atom is 0.221 e. The van der Waals surface area contributed by atoms with Gasteiger partial charge in [0, 0.05) is 13.0 Å². The number of benzene rings is 1. The molecule has 1 aromatic rings. The van der Waals surface area contributed by atoms with Crippen molar-refractivity contribution in [2.75, 3.05) is 6.54 Å². The molecule has 1 fully saturated rings. The molecule has 0 saturated heterocycles. The predicted octanol–water partition coefficient (Wildman–Crippen LogP) is 3.75. The first kappa shape index (κ1) is 19.0. The van der Waals surface area contributed by atoms with Gasteiger partial charge >= 0.3 is 0 Å². The van der Waals surface area contributed by atoms with Crippen LogP contribution in [-0.2, 0) is 4.79 Å². The fraction of sp³-hybridized carbons (Fsp3) is 0.611. The molecule has 22 heavy (non-hydrogen) atoms. The van der Waals surface area contributed by atoms with Crippen molar-refractivity contribution < 1.29 is 4.79 Å². The Hall–Kier alpha value is -1.06. The first-order valence-corrected chi connectivity index (χ1v) is 8.16. The molecule has 0 spiro atoms. The maximum atomic E-state index is 12.1. The molecular weight excluding hydrogens is 296 g/mol. The molecule has 124 valence electrons. The Balaban J connectivity index is 0.00000242. The van der Waals surface area contributed by atoms with Gasteiger partial charge in [-0.3, -0.25) is 4.79 Å². The van der Waals surface area contributed by atoms with Crippen molar-refractivity contribution in [1.82, 2.24) is 5.32 Å². The summed E-state index contributed by atoms with van der Waals surface area (Å²) < 4.78 is 0. The van der Waals surface area contributed by atoms with Gasteiger partial charge in [0.1, 0.15) is 0 Å². The van der Waals surface area contributed by atoms with Gasteiger partial charge in [-0.1, -0.05) is 44.0 Å². The van der Waals surface area contributed by atoms with Crippen LogP contribution in [0.15, 0.2) is 24.3 Å². The van der Waals surface area contributed by atoms with Gasteiger partial charge in [0.05, 0.1) is 6.04 Å². The Kier molecular flexibility index (Phi) is 7.91. The first-order chi connectivity index (χ1) is 10.1. The zero-order valence-electron chi connectivity index (χ0n) is 13.7. The van der Waals surface area contributed by atoms with Crippen LogP contribution in [0.1, 0.15) is 56.2 Å². The van der Waals surface area contributed by atoms with E-state index >= 15 is 0 Å². The van der Waals surface area contributed by atoms with Gasteiger partial charge in [0.25, 0.3) is 0 Å². The second kappa shape index (κ2) is 9.16. The molecule has 0 aliphatic heterocycles. The monoisotopic (exact) mass is 324 g/mol. The van der Waals surface area contributed by atoms with Gasteiger partial charge in [-0.2, -0.15) is 0 Å². The Morgan fingerprint density at radius 3 is 2.73 bits per heavy atom. The minimum absolute atomic E-state index is 0. The normalized spacial score (nSPS) is 22.5. The molecule has 4 heteroatoms. The molecule has 1 aliphatic carbocycles. The van der Waals surface area contributed by atoms with Gasteiger partial charge in [-0.25, -0.2) is 0 Å². The summed E-state index contributed by atoms with van der Waals surface area (Å²) in [7, 11) is 0. The molecule has 3 N–H and O–H groups in total. The van der Waals surface area contributed by atoms with Gasteiger partial charge in [-0.05, 0) is 42.7 Å². The molecule has 1 aromatic carbocycles. The lowest BCUT2D eigenvalue weighted by Gasteiger charge is -2.34. The largest absolute Gasteiger partial charge is 0.349 e. The lowest BCUT2D eigenvalue weighted by Crippen LogP contribution is -2.36. The van der Waals surface area contributed by atoms with Gasteiger partial charge in [-0.15, -0.1) is 12.4 Å². The van der Waals surface area contributed by atoms with Gasteiger partial charge < -0.3 is 11.1 Å². The molecule has 1 amide bonds. The Morgan fingerprint density at radius 2 is 2.09 bits per heavy atom. The number of nitrogens with two attached hydrogens (primary N) is 1. The van der Waals surface area contributed by atoms with Crippen LogP contribution in [0.5, 0.6) is 0 Å². The quantitative estimate of drug-likeness (QED) is 0.866. The van der Waals surface area contributed by atoms with E-state index in [1.807, 2.05) is 0 Å². The van der Waals surface area contributed by atoms with Crippen LogP contribution in [0.3, 0.4) is 0 Å². The maximum absolute atomic E-state index is 12.1. The van der Waals surface area contributed by atoms with E-state index < -0.39 is 0 Å². The fourth-order valence-corrected chi connectivity index (χ4v) is 3.55. The van der Waals surface area contributed by atoms with E-state index in [1.54, 1.807) is 0 Å². The van der Waals surface area contributed by atoms with Crippen molar-refractivity contribution in [2.24, 2.45) is 17.6 Å². The third kappa shape index (κ3) is 4.99. The molecule has 3 atom stereocenters. The summed E-state index contributed by atoms with van der Waals surface area (Å²) in [5.74, 6) is 1.36. The summed E-state index contributed by atoms with van der Waals surface area (Å²) in [6.07, 6.45) is 5.38. The van der Waals surface area contributed by atoms with Crippen LogP contribution in [0.2, 0.25) is 0 Å². The highest BCUT2D eigenvalue weighted by atomic mass is 35.5. The number of carbonyl (C=O) groups is 1. The SMILES string of the molecule is Cc1ccccc1C(NC(=O)CCN)C1CCCC(C)C1.Cl. The van der Waals surface area contributed by atoms with E-state index in [9.17, 15) is 4.79 Å². The van der Waals surface area contributed by atoms with E-state index in [4.69, 9.17) is 5.73 Å². The van der Waals surface area contributed by atoms with Crippen LogP contribution in [0, 0.1) is 18.8 Å². The van der Waals surface area contributed by atoms with Crippen LogP contribution in [-0.4, -0.2) is 12.5 Å². The Bertz CT molecular complexity index is 478. The average molecular weight is 325 g/mol. The predicted molar refractivity (Wildman–Crippen MR) is 94.1 cm³/mol. The van der Waals surface area contributed by atoms with E-state index in [1.165, 1.54) is 36.8 Å². The molecule has 3 nitrogen and oxygen atoms in total. The smallest absolute Gasteiger partial charge is 0.221 e. The third-order valence-electron chi connectivity index (χ3n) is 4.66. The zero-order valence-corrected chi connectivity index (χ0v) is 14.5. The van der Waals surface area contributed by atoms with E-state index in [0.29, 0.717) is 18.9 Å². The molecular formula is C18H29ClN2O. The van der Waals surface area contributed by atoms with Crippen LogP contribution in [0.4, 0.5) is 0 Å². The molecule has 0 radical (unpaired) electrons. The number of hydrogen-bond acceptors (Lipinski definition) is 2. The van der Waals surface area contributed by atoms with Crippen LogP contribution >= 0.6 is 12.4 Å². The van der Waals surface area contributed by atoms with Gasteiger partial charge in [0.15, 0.2) is 0 Å². The molecule has 2 rings (SSSR count). The summed E-state index contributed by atoms with van der Waals surface area (Å²) in [5, 5.41) is 3.25. The molecule has 1 aliphatic rings. The van der Waals surface area contributed by atoms with Crippen molar-refractivity contribution in [1.29, 1.82) is 0 Å². The Labute approximate surface area is 140 Å². The minimum Gasteiger partial charge on any atom is -0.349 e. The summed E-state index contributed by atoms with van der Waals surface area (Å²) >= 11 is 0. The molecule has 0 bridgehead atoms. The number of halogens is 1. The number of nitrogens with one attached hydrogen (secondary N) is 1. The summed E-state index contributed by atoms with van der Waals surface area (Å²) in [6.45, 7) is 4.86. The molecule has 0 heterocycles. The number of amides is 1. The van der Waals surface area contributed by atoms with Gasteiger partial charge in [0.2, 0.25) is 5.91 Å². The van der Waals surface area contributed by atoms with Crippen molar-refractivity contribution in [3.63, 3.8) is 0 Å². The van der Waals surface area contributed by atoms with Crippen molar-refractivity contribution in [3.8, 4) is 0 Å². The third-order valence-corrected chi connectivity index (χ3v) is 4.66. The summed E-state index contributed by atoms with van der Waals surface area (Å²) in [6, 6.07) is 8.54. The Morgan fingerprint density at radius 1 is 1.36 bits per heavy atom. The number of rotatable bonds is 5.